The molecule has 0 saturated carbocycles. The van der Waals surface area contributed by atoms with E-state index in [4.69, 9.17) is 4.74 Å². The molecule has 132 valence electrons. The third-order valence-corrected chi connectivity index (χ3v) is 4.00. The van der Waals surface area contributed by atoms with Crippen LogP contribution in [0.15, 0.2) is 24.3 Å². The number of nitrogens with zero attached hydrogens (tertiary/aromatic N) is 1. The number of hydrogen-bond donors (Lipinski definition) is 0. The molecule has 2 amide bonds. The molecule has 0 bridgehead atoms. The number of alkyl halides is 3. The zero-order valence-electron chi connectivity index (χ0n) is 13.4. The maximum Gasteiger partial charge on any atom is 0.416 e. The van der Waals surface area contributed by atoms with Gasteiger partial charge in [-0.05, 0) is 37.0 Å². The second-order valence-corrected chi connectivity index (χ2v) is 5.82. The van der Waals surface area contributed by atoms with Crippen LogP contribution in [0.1, 0.15) is 43.7 Å². The van der Waals surface area contributed by atoms with Crippen molar-refractivity contribution in [3.63, 3.8) is 0 Å². The third-order valence-electron chi connectivity index (χ3n) is 4.00. The average Bonchev–Trinajstić information content (AvgIpc) is 2.88. The second-order valence-electron chi connectivity index (χ2n) is 5.82. The van der Waals surface area contributed by atoms with Gasteiger partial charge in [0.15, 0.2) is 0 Å². The van der Waals surface area contributed by atoms with Crippen LogP contribution in [0.5, 0.6) is 0 Å². The molecule has 24 heavy (non-hydrogen) atoms. The van der Waals surface area contributed by atoms with Crippen molar-refractivity contribution in [3.8, 4) is 0 Å². The quantitative estimate of drug-likeness (QED) is 0.754. The SMILES string of the molecule is CCCCOC(=O)N1C(=O)CCC1Cc1ccc(C(F)(F)F)cc1. The molecule has 1 aromatic rings. The first-order valence-corrected chi connectivity index (χ1v) is 7.98. The number of amides is 2. The molecule has 0 spiro atoms. The third kappa shape index (κ3) is 4.49. The van der Waals surface area contributed by atoms with Gasteiger partial charge in [0, 0.05) is 12.5 Å². The molecule has 1 aliphatic heterocycles. The van der Waals surface area contributed by atoms with E-state index in [1.165, 1.54) is 12.1 Å². The predicted molar refractivity (Wildman–Crippen MR) is 81.3 cm³/mol. The zero-order valence-corrected chi connectivity index (χ0v) is 13.4. The molecule has 1 atom stereocenters. The van der Waals surface area contributed by atoms with Crippen LogP contribution < -0.4 is 0 Å². The fraction of sp³-hybridized carbons (Fsp3) is 0.529. The van der Waals surface area contributed by atoms with Gasteiger partial charge < -0.3 is 4.74 Å². The molecule has 1 saturated heterocycles. The number of carbonyl (C=O) groups excluding carboxylic acids is 2. The Morgan fingerprint density at radius 2 is 1.96 bits per heavy atom. The summed E-state index contributed by atoms with van der Waals surface area (Å²) in [4.78, 5) is 25.1. The van der Waals surface area contributed by atoms with Crippen LogP contribution in [0.3, 0.4) is 0 Å². The van der Waals surface area contributed by atoms with E-state index in [2.05, 4.69) is 0 Å². The Balaban J connectivity index is 2.02. The Kier molecular flexibility index (Phi) is 5.85. The summed E-state index contributed by atoms with van der Waals surface area (Å²) in [6.07, 6.45) is -2.39. The van der Waals surface area contributed by atoms with E-state index in [-0.39, 0.29) is 25.0 Å². The highest BCUT2D eigenvalue weighted by Crippen LogP contribution is 2.30. The van der Waals surface area contributed by atoms with Crippen LogP contribution in [0.25, 0.3) is 0 Å². The Morgan fingerprint density at radius 1 is 1.29 bits per heavy atom. The van der Waals surface area contributed by atoms with E-state index < -0.39 is 17.8 Å². The highest BCUT2D eigenvalue weighted by atomic mass is 19.4. The summed E-state index contributed by atoms with van der Waals surface area (Å²) in [5.41, 5.74) is -0.0707. The van der Waals surface area contributed by atoms with Crippen molar-refractivity contribution >= 4 is 12.0 Å². The zero-order chi connectivity index (χ0) is 17.7. The molecule has 1 unspecified atom stereocenters. The number of benzene rings is 1. The molecule has 2 rings (SSSR count). The normalized spacial score (nSPS) is 18.1. The van der Waals surface area contributed by atoms with Gasteiger partial charge in [0.05, 0.1) is 12.2 Å². The van der Waals surface area contributed by atoms with Gasteiger partial charge in [0.25, 0.3) is 0 Å². The number of halogens is 3. The van der Waals surface area contributed by atoms with Crippen LogP contribution in [0.2, 0.25) is 0 Å². The number of carbonyl (C=O) groups is 2. The van der Waals surface area contributed by atoms with Crippen molar-refractivity contribution in [1.82, 2.24) is 4.90 Å². The van der Waals surface area contributed by atoms with Crippen molar-refractivity contribution in [2.75, 3.05) is 6.61 Å². The minimum atomic E-state index is -4.38. The fourth-order valence-corrected chi connectivity index (χ4v) is 2.66. The number of rotatable bonds is 5. The van der Waals surface area contributed by atoms with Crippen LogP contribution in [0, 0.1) is 0 Å². The van der Waals surface area contributed by atoms with Gasteiger partial charge in [-0.25, -0.2) is 9.69 Å². The molecule has 7 heteroatoms. The lowest BCUT2D eigenvalue weighted by molar-refractivity contribution is -0.137. The van der Waals surface area contributed by atoms with E-state index in [9.17, 15) is 22.8 Å². The first-order chi connectivity index (χ1) is 11.3. The van der Waals surface area contributed by atoms with E-state index in [1.54, 1.807) is 0 Å². The maximum atomic E-state index is 12.6. The lowest BCUT2D eigenvalue weighted by Gasteiger charge is -2.22. The molecule has 1 aromatic carbocycles. The summed E-state index contributed by atoms with van der Waals surface area (Å²) in [6, 6.07) is 4.41. The molecule has 1 heterocycles. The molecule has 0 aromatic heterocycles. The maximum absolute atomic E-state index is 12.6. The highest BCUT2D eigenvalue weighted by Gasteiger charge is 2.37. The first kappa shape index (κ1) is 18.3. The Labute approximate surface area is 138 Å². The summed E-state index contributed by atoms with van der Waals surface area (Å²) in [7, 11) is 0. The van der Waals surface area contributed by atoms with Crippen molar-refractivity contribution in [1.29, 1.82) is 0 Å². The smallest absolute Gasteiger partial charge is 0.416 e. The lowest BCUT2D eigenvalue weighted by atomic mass is 10.0. The summed E-state index contributed by atoms with van der Waals surface area (Å²) in [5, 5.41) is 0. The minimum absolute atomic E-state index is 0.244. The molecule has 0 aliphatic carbocycles. The molecule has 1 fully saturated rings. The van der Waals surface area contributed by atoms with Gasteiger partial charge in [-0.1, -0.05) is 25.5 Å². The van der Waals surface area contributed by atoms with E-state index >= 15 is 0 Å². The number of likely N-dealkylation sites (tertiary alicyclic amines) is 1. The number of ether oxygens (including phenoxy) is 1. The Morgan fingerprint density at radius 3 is 2.54 bits per heavy atom. The predicted octanol–water partition coefficient (Wildman–Crippen LogP) is 4.18. The van der Waals surface area contributed by atoms with E-state index in [0.29, 0.717) is 18.4 Å². The molecule has 0 N–H and O–H groups in total. The largest absolute Gasteiger partial charge is 0.449 e. The van der Waals surface area contributed by atoms with Gasteiger partial charge in [-0.3, -0.25) is 4.79 Å². The van der Waals surface area contributed by atoms with Crippen LogP contribution >= 0.6 is 0 Å². The van der Waals surface area contributed by atoms with Gasteiger partial charge >= 0.3 is 12.3 Å². The first-order valence-electron chi connectivity index (χ1n) is 7.98. The molecular weight excluding hydrogens is 323 g/mol. The summed E-state index contributed by atoms with van der Waals surface area (Å²) in [6.45, 7) is 2.22. The summed E-state index contributed by atoms with van der Waals surface area (Å²) >= 11 is 0. The Hall–Kier alpha value is -2.05. The van der Waals surface area contributed by atoms with Crippen molar-refractivity contribution in [3.05, 3.63) is 35.4 Å². The average molecular weight is 343 g/mol. The fourth-order valence-electron chi connectivity index (χ4n) is 2.66. The van der Waals surface area contributed by atoms with Gasteiger partial charge in [0.1, 0.15) is 0 Å². The molecule has 4 nitrogen and oxygen atoms in total. The second kappa shape index (κ2) is 7.68. The standard InChI is InChI=1S/C17H20F3NO3/c1-2-3-10-24-16(23)21-14(8-9-15(21)22)11-12-4-6-13(7-5-12)17(18,19)20/h4-7,14H,2-3,8-11H2,1H3. The molecule has 1 aliphatic rings. The Bertz CT molecular complexity index is 584. The number of hydrogen-bond acceptors (Lipinski definition) is 3. The summed E-state index contributed by atoms with van der Waals surface area (Å²) < 4.78 is 42.8. The van der Waals surface area contributed by atoms with Crippen molar-refractivity contribution in [2.45, 2.75) is 51.2 Å². The van der Waals surface area contributed by atoms with E-state index in [1.807, 2.05) is 6.92 Å². The lowest BCUT2D eigenvalue weighted by Crippen LogP contribution is -2.40. The van der Waals surface area contributed by atoms with Crippen LogP contribution in [-0.4, -0.2) is 29.5 Å². The van der Waals surface area contributed by atoms with Crippen molar-refractivity contribution < 1.29 is 27.5 Å². The van der Waals surface area contributed by atoms with Crippen LogP contribution in [0.4, 0.5) is 18.0 Å². The topological polar surface area (TPSA) is 46.6 Å². The number of imide groups is 1. The van der Waals surface area contributed by atoms with E-state index in [0.717, 1.165) is 29.9 Å². The summed E-state index contributed by atoms with van der Waals surface area (Å²) in [5.74, 6) is -0.298. The molecule has 0 radical (unpaired) electrons. The van der Waals surface area contributed by atoms with Gasteiger partial charge in [-0.2, -0.15) is 13.2 Å². The monoisotopic (exact) mass is 343 g/mol. The number of unbranched alkanes of at least 4 members (excludes halogenated alkanes) is 1. The van der Waals surface area contributed by atoms with Gasteiger partial charge in [-0.15, -0.1) is 0 Å². The van der Waals surface area contributed by atoms with Crippen molar-refractivity contribution in [2.24, 2.45) is 0 Å². The van der Waals surface area contributed by atoms with Gasteiger partial charge in [0.2, 0.25) is 5.91 Å². The minimum Gasteiger partial charge on any atom is -0.449 e. The molecular formula is C17H20F3NO3. The van der Waals surface area contributed by atoms with Crippen LogP contribution in [-0.2, 0) is 22.1 Å². The highest BCUT2D eigenvalue weighted by molar-refractivity contribution is 5.94.